The lowest BCUT2D eigenvalue weighted by Gasteiger charge is -2.39. The predicted molar refractivity (Wildman–Crippen MR) is 64.3 cm³/mol. The minimum absolute atomic E-state index is 0.150. The van der Waals surface area contributed by atoms with Crippen molar-refractivity contribution in [2.45, 2.75) is 50.9 Å². The van der Waals surface area contributed by atoms with Crippen LogP contribution >= 0.6 is 0 Å². The van der Waals surface area contributed by atoms with Gasteiger partial charge in [-0.05, 0) is 19.4 Å². The summed E-state index contributed by atoms with van der Waals surface area (Å²) in [6.45, 7) is 4.07. The van der Waals surface area contributed by atoms with Crippen LogP contribution in [0.4, 0.5) is 0 Å². The first kappa shape index (κ1) is 11.6. The van der Waals surface area contributed by atoms with Gasteiger partial charge in [0.2, 0.25) is 0 Å². The molecule has 88 valence electrons. The summed E-state index contributed by atoms with van der Waals surface area (Å²) in [5.41, 5.74) is 0.602. The van der Waals surface area contributed by atoms with Gasteiger partial charge in [0.15, 0.2) is 0 Å². The number of hydrogen-bond acceptors (Lipinski definition) is 2. The van der Waals surface area contributed by atoms with E-state index in [1.54, 1.807) is 0 Å². The van der Waals surface area contributed by atoms with Crippen LogP contribution < -0.4 is 0 Å². The van der Waals surface area contributed by atoms with Crippen molar-refractivity contribution >= 4 is 0 Å². The largest absolute Gasteiger partial charge is 0.389 e. The highest BCUT2D eigenvalue weighted by atomic mass is 16.5. The molecule has 2 rings (SSSR count). The highest BCUT2D eigenvalue weighted by Crippen LogP contribution is 2.31. The fourth-order valence-electron chi connectivity index (χ4n) is 2.77. The first-order chi connectivity index (χ1) is 7.57. The summed E-state index contributed by atoms with van der Waals surface area (Å²) in [6.07, 6.45) is 2.49. The minimum Gasteiger partial charge on any atom is -0.389 e. The molecule has 1 saturated heterocycles. The maximum absolute atomic E-state index is 10.6. The second kappa shape index (κ2) is 4.56. The topological polar surface area (TPSA) is 29.5 Å². The third-order valence-electron chi connectivity index (χ3n) is 3.18. The molecular weight excluding hydrogens is 200 g/mol. The Kier molecular flexibility index (Phi) is 3.31. The summed E-state index contributed by atoms with van der Waals surface area (Å²) in [4.78, 5) is 0. The molecule has 0 bridgehead atoms. The Morgan fingerprint density at radius 1 is 1.19 bits per heavy atom. The fourth-order valence-corrected chi connectivity index (χ4v) is 2.77. The molecular formula is C14H20O2. The van der Waals surface area contributed by atoms with Crippen molar-refractivity contribution < 1.29 is 9.84 Å². The standard InChI is InChI=1S/C14H20O2/c1-11-8-14(15,9-12(2)16-11)10-13-6-4-3-5-7-13/h3-7,11-12,15H,8-10H2,1-2H3. The molecule has 0 aromatic heterocycles. The highest BCUT2D eigenvalue weighted by Gasteiger charge is 2.36. The second-order valence-electron chi connectivity index (χ2n) is 5.05. The smallest absolute Gasteiger partial charge is 0.0737 e. The molecule has 2 heteroatoms. The van der Waals surface area contributed by atoms with Crippen LogP contribution in [-0.2, 0) is 11.2 Å². The van der Waals surface area contributed by atoms with Gasteiger partial charge >= 0.3 is 0 Å². The van der Waals surface area contributed by atoms with E-state index in [9.17, 15) is 5.11 Å². The van der Waals surface area contributed by atoms with Crippen molar-refractivity contribution in [1.82, 2.24) is 0 Å². The molecule has 2 nitrogen and oxygen atoms in total. The monoisotopic (exact) mass is 220 g/mol. The van der Waals surface area contributed by atoms with Crippen molar-refractivity contribution in [2.24, 2.45) is 0 Å². The van der Waals surface area contributed by atoms with Gasteiger partial charge in [0.05, 0.1) is 17.8 Å². The SMILES string of the molecule is CC1CC(O)(Cc2ccccc2)CC(C)O1. The summed E-state index contributed by atoms with van der Waals surface area (Å²) in [5.74, 6) is 0. The zero-order valence-corrected chi connectivity index (χ0v) is 10.0. The molecule has 1 aromatic rings. The van der Waals surface area contributed by atoms with Crippen LogP contribution in [0.1, 0.15) is 32.3 Å². The first-order valence-electron chi connectivity index (χ1n) is 5.99. The predicted octanol–water partition coefficient (Wildman–Crippen LogP) is 2.55. The van der Waals surface area contributed by atoms with Crippen molar-refractivity contribution in [2.75, 3.05) is 0 Å². The number of benzene rings is 1. The van der Waals surface area contributed by atoms with Gasteiger partial charge in [-0.2, -0.15) is 0 Å². The zero-order valence-electron chi connectivity index (χ0n) is 10.0. The van der Waals surface area contributed by atoms with Crippen LogP contribution in [0.25, 0.3) is 0 Å². The maximum atomic E-state index is 10.6. The second-order valence-corrected chi connectivity index (χ2v) is 5.05. The van der Waals surface area contributed by atoms with Crippen LogP contribution in [0.3, 0.4) is 0 Å². The number of hydrogen-bond donors (Lipinski definition) is 1. The van der Waals surface area contributed by atoms with E-state index in [1.165, 1.54) is 5.56 Å². The molecule has 0 aliphatic carbocycles. The van der Waals surface area contributed by atoms with Gasteiger partial charge in [-0.25, -0.2) is 0 Å². The molecule has 1 N–H and O–H groups in total. The van der Waals surface area contributed by atoms with E-state index in [4.69, 9.17) is 4.74 Å². The molecule has 0 saturated carbocycles. The van der Waals surface area contributed by atoms with Gasteiger partial charge in [0.1, 0.15) is 0 Å². The molecule has 1 aromatic carbocycles. The van der Waals surface area contributed by atoms with Crippen LogP contribution in [0.2, 0.25) is 0 Å². The summed E-state index contributed by atoms with van der Waals surface area (Å²) in [7, 11) is 0. The maximum Gasteiger partial charge on any atom is 0.0737 e. The van der Waals surface area contributed by atoms with E-state index in [1.807, 2.05) is 32.0 Å². The Morgan fingerprint density at radius 2 is 1.75 bits per heavy atom. The van der Waals surface area contributed by atoms with E-state index in [2.05, 4.69) is 12.1 Å². The van der Waals surface area contributed by atoms with E-state index >= 15 is 0 Å². The van der Waals surface area contributed by atoms with E-state index in [-0.39, 0.29) is 12.2 Å². The van der Waals surface area contributed by atoms with Gasteiger partial charge < -0.3 is 9.84 Å². The lowest BCUT2D eigenvalue weighted by atomic mass is 9.82. The third kappa shape index (κ3) is 2.83. The number of aliphatic hydroxyl groups is 1. The summed E-state index contributed by atoms with van der Waals surface area (Å²) < 4.78 is 5.66. The molecule has 16 heavy (non-hydrogen) atoms. The molecule has 2 unspecified atom stereocenters. The number of ether oxygens (including phenoxy) is 1. The summed E-state index contributed by atoms with van der Waals surface area (Å²) in [5, 5.41) is 10.6. The Morgan fingerprint density at radius 3 is 2.31 bits per heavy atom. The fraction of sp³-hybridized carbons (Fsp3) is 0.571. The average Bonchev–Trinajstić information content (AvgIpc) is 2.15. The van der Waals surface area contributed by atoms with Crippen LogP contribution in [0, 0.1) is 0 Å². The Balaban J connectivity index is 2.07. The van der Waals surface area contributed by atoms with Crippen molar-refractivity contribution in [3.8, 4) is 0 Å². The van der Waals surface area contributed by atoms with Gasteiger partial charge in [-0.3, -0.25) is 0 Å². The van der Waals surface area contributed by atoms with E-state index in [0.717, 1.165) is 19.3 Å². The van der Waals surface area contributed by atoms with Gasteiger partial charge in [-0.1, -0.05) is 30.3 Å². The van der Waals surface area contributed by atoms with Crippen LogP contribution in [0.15, 0.2) is 30.3 Å². The van der Waals surface area contributed by atoms with Crippen LogP contribution in [-0.4, -0.2) is 22.9 Å². The highest BCUT2D eigenvalue weighted by molar-refractivity contribution is 5.17. The summed E-state index contributed by atoms with van der Waals surface area (Å²) in [6, 6.07) is 10.2. The lowest BCUT2D eigenvalue weighted by Crippen LogP contribution is -2.44. The Labute approximate surface area is 97.3 Å². The normalized spacial score (nSPS) is 34.9. The Hall–Kier alpha value is -0.860. The molecule has 1 heterocycles. The molecule has 0 spiro atoms. The summed E-state index contributed by atoms with van der Waals surface area (Å²) >= 11 is 0. The lowest BCUT2D eigenvalue weighted by molar-refractivity contribution is -0.130. The molecule has 1 fully saturated rings. The zero-order chi connectivity index (χ0) is 11.6. The molecule has 0 amide bonds. The molecule has 2 atom stereocenters. The Bertz CT molecular complexity index is 324. The van der Waals surface area contributed by atoms with Gasteiger partial charge in [0.25, 0.3) is 0 Å². The first-order valence-corrected chi connectivity index (χ1v) is 5.99. The van der Waals surface area contributed by atoms with Gasteiger partial charge in [-0.15, -0.1) is 0 Å². The minimum atomic E-state index is -0.599. The van der Waals surface area contributed by atoms with Crippen molar-refractivity contribution in [1.29, 1.82) is 0 Å². The van der Waals surface area contributed by atoms with Crippen molar-refractivity contribution in [3.63, 3.8) is 0 Å². The van der Waals surface area contributed by atoms with Gasteiger partial charge in [0, 0.05) is 19.3 Å². The average molecular weight is 220 g/mol. The number of rotatable bonds is 2. The van der Waals surface area contributed by atoms with E-state index < -0.39 is 5.60 Å². The molecule has 1 aliphatic heterocycles. The third-order valence-corrected chi connectivity index (χ3v) is 3.18. The van der Waals surface area contributed by atoms with E-state index in [0.29, 0.717) is 0 Å². The quantitative estimate of drug-likeness (QED) is 0.830. The van der Waals surface area contributed by atoms with Crippen LogP contribution in [0.5, 0.6) is 0 Å². The van der Waals surface area contributed by atoms with Crippen molar-refractivity contribution in [3.05, 3.63) is 35.9 Å². The molecule has 1 aliphatic rings. The molecule has 0 radical (unpaired) electrons.